The number of hydrogen-bond donors (Lipinski definition) is 1. The van der Waals surface area contributed by atoms with Gasteiger partial charge in [-0.25, -0.2) is 0 Å². The molecule has 1 amide bonds. The topological polar surface area (TPSA) is 65.4 Å². The van der Waals surface area contributed by atoms with Gasteiger partial charge in [0.25, 0.3) is 5.91 Å². The Balaban J connectivity index is 1.50. The summed E-state index contributed by atoms with van der Waals surface area (Å²) in [6, 6.07) is 0. The molecule has 6 nitrogen and oxygen atoms in total. The quantitative estimate of drug-likeness (QED) is 0.757. The number of carbonyl (C=O) groups excluding carboxylic acids is 1. The number of rotatable bonds is 7. The molecule has 0 spiro atoms. The molecule has 1 fully saturated rings. The molecule has 1 aromatic rings. The highest BCUT2D eigenvalue weighted by Gasteiger charge is 2.13. The van der Waals surface area contributed by atoms with Gasteiger partial charge in [0.15, 0.2) is 0 Å². The van der Waals surface area contributed by atoms with Crippen molar-refractivity contribution in [2.75, 3.05) is 33.0 Å². The highest BCUT2D eigenvalue weighted by molar-refractivity contribution is 5.93. The lowest BCUT2D eigenvalue weighted by Crippen LogP contribution is -2.25. The van der Waals surface area contributed by atoms with Crippen molar-refractivity contribution in [3.05, 3.63) is 18.0 Å². The number of nitrogens with zero attached hydrogens (tertiary/aromatic N) is 2. The van der Waals surface area contributed by atoms with Crippen molar-refractivity contribution < 1.29 is 14.3 Å². The molecular weight excluding hydrogens is 258 g/mol. The summed E-state index contributed by atoms with van der Waals surface area (Å²) in [5.74, 6) is 0.552. The number of carbonyl (C=O) groups is 1. The molecule has 112 valence electrons. The van der Waals surface area contributed by atoms with E-state index in [4.69, 9.17) is 9.47 Å². The zero-order valence-electron chi connectivity index (χ0n) is 12.0. The Morgan fingerprint density at radius 2 is 2.35 bits per heavy atom. The van der Waals surface area contributed by atoms with Crippen LogP contribution < -0.4 is 5.32 Å². The Kier molecular flexibility index (Phi) is 6.01. The van der Waals surface area contributed by atoms with Crippen LogP contribution in [0.5, 0.6) is 0 Å². The van der Waals surface area contributed by atoms with Gasteiger partial charge in [-0.1, -0.05) is 0 Å². The standard InChI is InChI=1S/C14H23N3O3/c1-17-10-13(9-16-17)14(18)15-5-2-6-20-11-12-3-7-19-8-4-12/h9-10,12H,2-8,11H2,1H3,(H,15,18). The lowest BCUT2D eigenvalue weighted by Gasteiger charge is -2.21. The summed E-state index contributed by atoms with van der Waals surface area (Å²) in [6.07, 6.45) is 6.29. The van der Waals surface area contributed by atoms with Crippen LogP contribution in [-0.2, 0) is 16.5 Å². The summed E-state index contributed by atoms with van der Waals surface area (Å²) < 4.78 is 12.6. The van der Waals surface area contributed by atoms with Gasteiger partial charge in [-0.05, 0) is 25.2 Å². The van der Waals surface area contributed by atoms with E-state index in [9.17, 15) is 4.79 Å². The van der Waals surface area contributed by atoms with E-state index in [0.717, 1.165) is 39.1 Å². The van der Waals surface area contributed by atoms with E-state index >= 15 is 0 Å². The van der Waals surface area contributed by atoms with Gasteiger partial charge in [0.05, 0.1) is 11.8 Å². The molecule has 0 aromatic carbocycles. The molecule has 0 bridgehead atoms. The van der Waals surface area contributed by atoms with Crippen molar-refractivity contribution in [1.82, 2.24) is 15.1 Å². The minimum atomic E-state index is -0.0810. The predicted molar refractivity (Wildman–Crippen MR) is 74.5 cm³/mol. The zero-order valence-corrected chi connectivity index (χ0v) is 12.0. The van der Waals surface area contributed by atoms with Crippen LogP contribution in [0.1, 0.15) is 29.6 Å². The number of amides is 1. The maximum absolute atomic E-state index is 11.7. The third kappa shape index (κ3) is 4.94. The summed E-state index contributed by atoms with van der Waals surface area (Å²) in [5, 5.41) is 6.83. The fourth-order valence-electron chi connectivity index (χ4n) is 2.18. The molecule has 1 aliphatic heterocycles. The lowest BCUT2D eigenvalue weighted by molar-refractivity contribution is 0.0202. The SMILES string of the molecule is Cn1cc(C(=O)NCCCOCC2CCOCC2)cn1. The summed E-state index contributed by atoms with van der Waals surface area (Å²) in [5.41, 5.74) is 0.593. The minimum Gasteiger partial charge on any atom is -0.381 e. The van der Waals surface area contributed by atoms with Gasteiger partial charge in [-0.3, -0.25) is 9.48 Å². The van der Waals surface area contributed by atoms with Crippen molar-refractivity contribution in [1.29, 1.82) is 0 Å². The first kappa shape index (κ1) is 15.0. The smallest absolute Gasteiger partial charge is 0.254 e. The second-order valence-corrected chi connectivity index (χ2v) is 5.14. The molecule has 0 unspecified atom stereocenters. The Morgan fingerprint density at radius 3 is 3.05 bits per heavy atom. The molecule has 2 rings (SSSR count). The summed E-state index contributed by atoms with van der Waals surface area (Å²) >= 11 is 0. The molecule has 0 aliphatic carbocycles. The van der Waals surface area contributed by atoms with Crippen molar-refractivity contribution in [2.45, 2.75) is 19.3 Å². The van der Waals surface area contributed by atoms with E-state index < -0.39 is 0 Å². The van der Waals surface area contributed by atoms with Gasteiger partial charge in [0.1, 0.15) is 0 Å². The molecule has 1 aromatic heterocycles. The third-order valence-electron chi connectivity index (χ3n) is 3.41. The van der Waals surface area contributed by atoms with E-state index in [1.165, 1.54) is 0 Å². The molecule has 0 atom stereocenters. The van der Waals surface area contributed by atoms with Gasteiger partial charge in [-0.2, -0.15) is 5.10 Å². The first-order valence-electron chi connectivity index (χ1n) is 7.18. The van der Waals surface area contributed by atoms with E-state index in [1.807, 2.05) is 0 Å². The Labute approximate surface area is 119 Å². The Hall–Kier alpha value is -1.40. The average molecular weight is 281 g/mol. The molecule has 1 aliphatic rings. The highest BCUT2D eigenvalue weighted by Crippen LogP contribution is 2.14. The first-order chi connectivity index (χ1) is 9.75. The first-order valence-corrected chi connectivity index (χ1v) is 7.18. The lowest BCUT2D eigenvalue weighted by atomic mass is 10.0. The summed E-state index contributed by atoms with van der Waals surface area (Å²) in [7, 11) is 1.79. The molecule has 20 heavy (non-hydrogen) atoms. The predicted octanol–water partition coefficient (Wildman–Crippen LogP) is 0.983. The van der Waals surface area contributed by atoms with Gasteiger partial charge in [-0.15, -0.1) is 0 Å². The fourth-order valence-corrected chi connectivity index (χ4v) is 2.18. The number of aromatic nitrogens is 2. The van der Waals surface area contributed by atoms with E-state index in [-0.39, 0.29) is 5.91 Å². The summed E-state index contributed by atoms with van der Waals surface area (Å²) in [4.78, 5) is 11.7. The molecular formula is C14H23N3O3. The molecule has 2 heterocycles. The van der Waals surface area contributed by atoms with Gasteiger partial charge < -0.3 is 14.8 Å². The van der Waals surface area contributed by atoms with E-state index in [0.29, 0.717) is 24.6 Å². The molecule has 0 saturated carbocycles. The second-order valence-electron chi connectivity index (χ2n) is 5.14. The number of ether oxygens (including phenoxy) is 2. The largest absolute Gasteiger partial charge is 0.381 e. The van der Waals surface area contributed by atoms with Crippen molar-refractivity contribution in [3.8, 4) is 0 Å². The molecule has 0 radical (unpaired) electrons. The number of aryl methyl sites for hydroxylation is 1. The van der Waals surface area contributed by atoms with Crippen molar-refractivity contribution in [3.63, 3.8) is 0 Å². The van der Waals surface area contributed by atoms with Crippen LogP contribution in [0.15, 0.2) is 12.4 Å². The Morgan fingerprint density at radius 1 is 1.55 bits per heavy atom. The van der Waals surface area contributed by atoms with Gasteiger partial charge >= 0.3 is 0 Å². The fraction of sp³-hybridized carbons (Fsp3) is 0.714. The monoisotopic (exact) mass is 281 g/mol. The van der Waals surface area contributed by atoms with Crippen molar-refractivity contribution in [2.24, 2.45) is 13.0 Å². The van der Waals surface area contributed by atoms with Gasteiger partial charge in [0.2, 0.25) is 0 Å². The highest BCUT2D eigenvalue weighted by atomic mass is 16.5. The third-order valence-corrected chi connectivity index (χ3v) is 3.41. The van der Waals surface area contributed by atoms with E-state index in [2.05, 4.69) is 10.4 Å². The minimum absolute atomic E-state index is 0.0810. The van der Waals surface area contributed by atoms with Crippen LogP contribution in [0.3, 0.4) is 0 Å². The summed E-state index contributed by atoms with van der Waals surface area (Å²) in [6.45, 7) is 3.83. The van der Waals surface area contributed by atoms with Crippen LogP contribution in [0.4, 0.5) is 0 Å². The maximum atomic E-state index is 11.7. The Bertz CT molecular complexity index is 414. The molecule has 1 saturated heterocycles. The number of hydrogen-bond acceptors (Lipinski definition) is 4. The van der Waals surface area contributed by atoms with Crippen LogP contribution in [0.2, 0.25) is 0 Å². The van der Waals surface area contributed by atoms with Crippen LogP contribution in [0, 0.1) is 5.92 Å². The molecule has 1 N–H and O–H groups in total. The normalized spacial score (nSPS) is 16.2. The van der Waals surface area contributed by atoms with Crippen LogP contribution in [-0.4, -0.2) is 48.7 Å². The van der Waals surface area contributed by atoms with E-state index in [1.54, 1.807) is 24.1 Å². The molecule has 6 heteroatoms. The number of nitrogens with one attached hydrogen (secondary N) is 1. The second kappa shape index (κ2) is 8.01. The van der Waals surface area contributed by atoms with Gasteiger partial charge in [0, 0.05) is 46.2 Å². The van der Waals surface area contributed by atoms with Crippen LogP contribution >= 0.6 is 0 Å². The van der Waals surface area contributed by atoms with Crippen molar-refractivity contribution >= 4 is 5.91 Å². The maximum Gasteiger partial charge on any atom is 0.254 e. The zero-order chi connectivity index (χ0) is 14.2. The van der Waals surface area contributed by atoms with Crippen LogP contribution in [0.25, 0.3) is 0 Å². The average Bonchev–Trinajstić information content (AvgIpc) is 2.90.